The number of rotatable bonds is 12. The Balaban J connectivity index is 2.04. The monoisotopic (exact) mass is 277 g/mol. The number of unbranched alkanes of at least 4 members (excludes halogenated alkanes) is 5. The molecule has 0 aliphatic carbocycles. The summed E-state index contributed by atoms with van der Waals surface area (Å²) >= 11 is 0. The van der Waals surface area contributed by atoms with Crippen molar-refractivity contribution in [3.8, 4) is 5.75 Å². The largest absolute Gasteiger partial charge is 0.494 e. The Morgan fingerprint density at radius 2 is 1.55 bits per heavy atom. The van der Waals surface area contributed by atoms with Crippen LogP contribution in [0.25, 0.3) is 0 Å². The maximum atomic E-state index is 5.58. The third-order valence-corrected chi connectivity index (χ3v) is 3.43. The predicted molar refractivity (Wildman–Crippen MR) is 87.3 cm³/mol. The lowest BCUT2D eigenvalue weighted by Gasteiger charge is -2.07. The highest BCUT2D eigenvalue weighted by atomic mass is 16.5. The van der Waals surface area contributed by atoms with E-state index in [9.17, 15) is 0 Å². The van der Waals surface area contributed by atoms with Gasteiger partial charge in [0.1, 0.15) is 5.75 Å². The van der Waals surface area contributed by atoms with Crippen molar-refractivity contribution >= 4 is 0 Å². The van der Waals surface area contributed by atoms with Crippen LogP contribution < -0.4 is 10.1 Å². The van der Waals surface area contributed by atoms with Crippen LogP contribution in [0.15, 0.2) is 24.3 Å². The van der Waals surface area contributed by atoms with Gasteiger partial charge in [0.05, 0.1) is 6.61 Å². The minimum absolute atomic E-state index is 0.801. The summed E-state index contributed by atoms with van der Waals surface area (Å²) in [6, 6.07) is 8.44. The molecule has 2 nitrogen and oxygen atoms in total. The van der Waals surface area contributed by atoms with E-state index in [-0.39, 0.29) is 0 Å². The summed E-state index contributed by atoms with van der Waals surface area (Å²) in [5.74, 6) is 0.978. The van der Waals surface area contributed by atoms with Crippen molar-refractivity contribution in [1.29, 1.82) is 0 Å². The molecule has 0 unspecified atom stereocenters. The van der Waals surface area contributed by atoms with Gasteiger partial charge in [-0.2, -0.15) is 0 Å². The molecule has 2 heteroatoms. The molecule has 1 rings (SSSR count). The normalized spacial score (nSPS) is 10.7. The summed E-state index contributed by atoms with van der Waals surface area (Å²) in [7, 11) is 0. The maximum absolute atomic E-state index is 5.58. The Labute approximate surface area is 124 Å². The fourth-order valence-corrected chi connectivity index (χ4v) is 2.19. The van der Waals surface area contributed by atoms with E-state index in [1.54, 1.807) is 0 Å². The average Bonchev–Trinajstić information content (AvgIpc) is 2.49. The quantitative estimate of drug-likeness (QED) is 0.547. The molecule has 0 fully saturated rings. The van der Waals surface area contributed by atoms with Gasteiger partial charge in [-0.3, -0.25) is 0 Å². The first-order valence-electron chi connectivity index (χ1n) is 8.29. The van der Waals surface area contributed by atoms with Crippen LogP contribution in [0.4, 0.5) is 0 Å². The highest BCUT2D eigenvalue weighted by Crippen LogP contribution is 2.12. The Bertz CT molecular complexity index is 321. The number of benzene rings is 1. The smallest absolute Gasteiger partial charge is 0.119 e. The second kappa shape index (κ2) is 11.8. The fourth-order valence-electron chi connectivity index (χ4n) is 2.19. The predicted octanol–water partition coefficient (Wildman–Crippen LogP) is 4.93. The minimum atomic E-state index is 0.801. The summed E-state index contributed by atoms with van der Waals surface area (Å²) < 4.78 is 5.58. The van der Waals surface area contributed by atoms with Crippen LogP contribution in [0.3, 0.4) is 0 Å². The summed E-state index contributed by atoms with van der Waals surface area (Å²) in [5.41, 5.74) is 1.33. The standard InChI is InChI=1S/C18H31NO/c1-3-5-6-7-8-9-14-19-16-17-10-12-18(13-11-17)20-15-4-2/h10-13,19H,3-9,14-16H2,1-2H3. The van der Waals surface area contributed by atoms with E-state index < -0.39 is 0 Å². The topological polar surface area (TPSA) is 21.3 Å². The molecule has 0 saturated carbocycles. The van der Waals surface area contributed by atoms with Crippen LogP contribution in [0, 0.1) is 0 Å². The zero-order valence-corrected chi connectivity index (χ0v) is 13.3. The van der Waals surface area contributed by atoms with Crippen molar-refractivity contribution in [2.75, 3.05) is 13.2 Å². The van der Waals surface area contributed by atoms with Gasteiger partial charge in [-0.15, -0.1) is 0 Å². The Morgan fingerprint density at radius 1 is 0.850 bits per heavy atom. The molecule has 0 heterocycles. The van der Waals surface area contributed by atoms with Crippen molar-refractivity contribution in [2.24, 2.45) is 0 Å². The molecule has 0 saturated heterocycles. The molecular weight excluding hydrogens is 246 g/mol. The van der Waals surface area contributed by atoms with E-state index in [4.69, 9.17) is 4.74 Å². The summed E-state index contributed by atoms with van der Waals surface area (Å²) in [5, 5.41) is 3.51. The minimum Gasteiger partial charge on any atom is -0.494 e. The second-order valence-corrected chi connectivity index (χ2v) is 5.44. The molecule has 20 heavy (non-hydrogen) atoms. The third-order valence-electron chi connectivity index (χ3n) is 3.43. The molecular formula is C18H31NO. The van der Waals surface area contributed by atoms with E-state index in [1.807, 2.05) is 0 Å². The highest BCUT2D eigenvalue weighted by molar-refractivity contribution is 5.27. The van der Waals surface area contributed by atoms with E-state index in [0.717, 1.165) is 31.9 Å². The van der Waals surface area contributed by atoms with Gasteiger partial charge in [0.25, 0.3) is 0 Å². The Hall–Kier alpha value is -1.02. The lowest BCUT2D eigenvalue weighted by molar-refractivity contribution is 0.317. The number of hydrogen-bond donors (Lipinski definition) is 1. The van der Waals surface area contributed by atoms with E-state index in [1.165, 1.54) is 44.1 Å². The van der Waals surface area contributed by atoms with E-state index in [0.29, 0.717) is 0 Å². The number of nitrogens with one attached hydrogen (secondary N) is 1. The number of hydrogen-bond acceptors (Lipinski definition) is 2. The number of ether oxygens (including phenoxy) is 1. The zero-order chi connectivity index (χ0) is 14.5. The molecule has 1 N–H and O–H groups in total. The van der Waals surface area contributed by atoms with Gasteiger partial charge in [-0.05, 0) is 37.1 Å². The molecule has 1 aromatic carbocycles. The maximum Gasteiger partial charge on any atom is 0.119 e. The molecule has 0 atom stereocenters. The van der Waals surface area contributed by atoms with Gasteiger partial charge in [-0.1, -0.05) is 58.1 Å². The Morgan fingerprint density at radius 3 is 2.25 bits per heavy atom. The molecule has 0 amide bonds. The van der Waals surface area contributed by atoms with Crippen LogP contribution in [0.2, 0.25) is 0 Å². The van der Waals surface area contributed by atoms with Gasteiger partial charge in [-0.25, -0.2) is 0 Å². The molecule has 0 radical (unpaired) electrons. The molecule has 0 spiro atoms. The first kappa shape index (κ1) is 17.0. The summed E-state index contributed by atoms with van der Waals surface area (Å²) in [6.45, 7) is 7.28. The van der Waals surface area contributed by atoms with Crippen LogP contribution >= 0.6 is 0 Å². The molecule has 0 aromatic heterocycles. The van der Waals surface area contributed by atoms with Gasteiger partial charge >= 0.3 is 0 Å². The van der Waals surface area contributed by atoms with Gasteiger partial charge in [0, 0.05) is 6.54 Å². The van der Waals surface area contributed by atoms with Crippen LogP contribution in [0.1, 0.15) is 64.4 Å². The van der Waals surface area contributed by atoms with Gasteiger partial charge < -0.3 is 10.1 Å². The van der Waals surface area contributed by atoms with Gasteiger partial charge in [0.15, 0.2) is 0 Å². The third kappa shape index (κ3) is 8.21. The van der Waals surface area contributed by atoms with Gasteiger partial charge in [0.2, 0.25) is 0 Å². The lowest BCUT2D eigenvalue weighted by atomic mass is 10.1. The van der Waals surface area contributed by atoms with Crippen molar-refractivity contribution in [3.05, 3.63) is 29.8 Å². The summed E-state index contributed by atoms with van der Waals surface area (Å²) in [4.78, 5) is 0. The van der Waals surface area contributed by atoms with Crippen molar-refractivity contribution < 1.29 is 4.74 Å². The first-order chi connectivity index (χ1) is 9.86. The van der Waals surface area contributed by atoms with Crippen molar-refractivity contribution in [3.63, 3.8) is 0 Å². The van der Waals surface area contributed by atoms with Crippen LogP contribution in [0.5, 0.6) is 5.75 Å². The second-order valence-electron chi connectivity index (χ2n) is 5.44. The zero-order valence-electron chi connectivity index (χ0n) is 13.3. The highest BCUT2D eigenvalue weighted by Gasteiger charge is 1.96. The Kier molecular flexibility index (Phi) is 10.0. The van der Waals surface area contributed by atoms with Crippen LogP contribution in [-0.4, -0.2) is 13.2 Å². The average molecular weight is 277 g/mol. The first-order valence-corrected chi connectivity index (χ1v) is 8.29. The van der Waals surface area contributed by atoms with Crippen molar-refractivity contribution in [2.45, 2.75) is 65.3 Å². The molecule has 0 aliphatic rings. The van der Waals surface area contributed by atoms with E-state index >= 15 is 0 Å². The fraction of sp³-hybridized carbons (Fsp3) is 0.667. The van der Waals surface area contributed by atoms with Crippen molar-refractivity contribution in [1.82, 2.24) is 5.32 Å². The molecule has 0 bridgehead atoms. The van der Waals surface area contributed by atoms with Crippen LogP contribution in [-0.2, 0) is 6.54 Å². The molecule has 1 aromatic rings. The van der Waals surface area contributed by atoms with E-state index in [2.05, 4.69) is 43.4 Å². The molecule has 0 aliphatic heterocycles. The summed E-state index contributed by atoms with van der Waals surface area (Å²) in [6.07, 6.45) is 9.21. The lowest BCUT2D eigenvalue weighted by Crippen LogP contribution is -2.14. The SMILES string of the molecule is CCCCCCCCNCc1ccc(OCCC)cc1. The molecule has 114 valence electrons.